The first kappa shape index (κ1) is 16.7. The molecule has 0 fully saturated rings. The third-order valence-electron chi connectivity index (χ3n) is 4.95. The van der Waals surface area contributed by atoms with E-state index in [9.17, 15) is 4.39 Å². The van der Waals surface area contributed by atoms with Gasteiger partial charge in [0.2, 0.25) is 0 Å². The predicted molar refractivity (Wildman–Crippen MR) is 96.4 cm³/mol. The molecule has 0 aromatic heterocycles. The Bertz CT molecular complexity index is 826. The molecule has 0 aliphatic carbocycles. The van der Waals surface area contributed by atoms with Gasteiger partial charge in [-0.3, -0.25) is 0 Å². The molecule has 0 radical (unpaired) electrons. The highest BCUT2D eigenvalue weighted by Crippen LogP contribution is 2.34. The standard InChI is InChI=1S/C21H25FNO/c1-13-10-14(2)18(15(3)11-13)16-8-7-9-17(22)19(16)20-23(6)21(4,5)12-24-20/h7-11H,12H2,1-6H3/q+1. The molecule has 1 aliphatic rings. The molecule has 2 aromatic carbocycles. The summed E-state index contributed by atoms with van der Waals surface area (Å²) in [5.74, 6) is 0.374. The molecular weight excluding hydrogens is 301 g/mol. The fourth-order valence-corrected chi connectivity index (χ4v) is 3.51. The Morgan fingerprint density at radius 1 is 1.04 bits per heavy atom. The summed E-state index contributed by atoms with van der Waals surface area (Å²) in [5.41, 5.74) is 5.91. The van der Waals surface area contributed by atoms with E-state index in [0.717, 1.165) is 22.3 Å². The zero-order valence-corrected chi connectivity index (χ0v) is 15.3. The number of hydrogen-bond donors (Lipinski definition) is 0. The normalized spacial score (nSPS) is 16.5. The van der Waals surface area contributed by atoms with Crippen LogP contribution in [0.1, 0.15) is 36.1 Å². The van der Waals surface area contributed by atoms with Crippen LogP contribution in [0, 0.1) is 26.6 Å². The van der Waals surface area contributed by atoms with E-state index in [4.69, 9.17) is 4.74 Å². The Kier molecular flexibility index (Phi) is 3.98. The van der Waals surface area contributed by atoms with Gasteiger partial charge in [0.15, 0.2) is 12.1 Å². The molecule has 1 heterocycles. The Morgan fingerprint density at radius 3 is 2.21 bits per heavy atom. The van der Waals surface area contributed by atoms with Crippen LogP contribution >= 0.6 is 0 Å². The number of nitrogens with zero attached hydrogens (tertiary/aromatic N) is 1. The van der Waals surface area contributed by atoms with Gasteiger partial charge in [-0.05, 0) is 43.5 Å². The summed E-state index contributed by atoms with van der Waals surface area (Å²) < 4.78 is 22.8. The molecule has 126 valence electrons. The molecule has 0 N–H and O–H groups in total. The van der Waals surface area contributed by atoms with Gasteiger partial charge in [0.25, 0.3) is 0 Å². The van der Waals surface area contributed by atoms with Gasteiger partial charge in [0, 0.05) is 19.4 Å². The molecule has 3 rings (SSSR count). The minimum absolute atomic E-state index is 0.147. The van der Waals surface area contributed by atoms with Crippen molar-refractivity contribution in [2.45, 2.75) is 40.2 Å². The van der Waals surface area contributed by atoms with Crippen molar-refractivity contribution in [3.63, 3.8) is 0 Å². The number of hydrogen-bond acceptors (Lipinski definition) is 1. The lowest BCUT2D eigenvalue weighted by molar-refractivity contribution is -0.562. The maximum absolute atomic E-state index is 14.8. The second-order valence-corrected chi connectivity index (χ2v) is 7.40. The van der Waals surface area contributed by atoms with Crippen molar-refractivity contribution in [1.29, 1.82) is 0 Å². The van der Waals surface area contributed by atoms with Gasteiger partial charge in [0.05, 0.1) is 0 Å². The highest BCUT2D eigenvalue weighted by Gasteiger charge is 2.42. The second kappa shape index (κ2) is 5.73. The largest absolute Gasteiger partial charge is 0.437 e. The van der Waals surface area contributed by atoms with E-state index >= 15 is 0 Å². The van der Waals surface area contributed by atoms with Crippen LogP contribution in [0.2, 0.25) is 0 Å². The van der Waals surface area contributed by atoms with E-state index < -0.39 is 0 Å². The lowest BCUT2D eigenvalue weighted by Crippen LogP contribution is -2.33. The molecule has 0 unspecified atom stereocenters. The first-order chi connectivity index (χ1) is 11.2. The summed E-state index contributed by atoms with van der Waals surface area (Å²) in [6, 6.07) is 9.55. The zero-order valence-electron chi connectivity index (χ0n) is 15.3. The van der Waals surface area contributed by atoms with Crippen LogP contribution in [0.5, 0.6) is 0 Å². The molecular formula is C21H25FNO+. The Balaban J connectivity index is 2.31. The average Bonchev–Trinajstić information content (AvgIpc) is 2.73. The summed E-state index contributed by atoms with van der Waals surface area (Å²) in [7, 11) is 1.97. The quantitative estimate of drug-likeness (QED) is 0.734. The number of rotatable bonds is 2. The average molecular weight is 326 g/mol. The summed E-state index contributed by atoms with van der Waals surface area (Å²) in [6.45, 7) is 11.0. The molecule has 0 atom stereocenters. The summed E-state index contributed by atoms with van der Waals surface area (Å²) >= 11 is 0. The van der Waals surface area contributed by atoms with Crippen molar-refractivity contribution in [3.05, 3.63) is 58.4 Å². The van der Waals surface area contributed by atoms with Crippen LogP contribution in [-0.4, -0.2) is 29.7 Å². The van der Waals surface area contributed by atoms with E-state index in [1.54, 1.807) is 6.07 Å². The molecule has 0 amide bonds. The van der Waals surface area contributed by atoms with Gasteiger partial charge >= 0.3 is 5.90 Å². The summed E-state index contributed by atoms with van der Waals surface area (Å²) in [6.07, 6.45) is 0. The van der Waals surface area contributed by atoms with Crippen LogP contribution in [0.3, 0.4) is 0 Å². The van der Waals surface area contributed by atoms with Gasteiger partial charge in [-0.1, -0.05) is 29.8 Å². The van der Waals surface area contributed by atoms with Crippen molar-refractivity contribution >= 4 is 5.90 Å². The Hall–Kier alpha value is -2.16. The van der Waals surface area contributed by atoms with E-state index in [0.29, 0.717) is 18.1 Å². The maximum atomic E-state index is 14.8. The molecule has 3 heteroatoms. The van der Waals surface area contributed by atoms with Gasteiger partial charge < -0.3 is 4.74 Å². The highest BCUT2D eigenvalue weighted by molar-refractivity contribution is 5.99. The minimum atomic E-state index is -0.244. The molecule has 0 saturated carbocycles. The van der Waals surface area contributed by atoms with Crippen LogP contribution in [-0.2, 0) is 4.74 Å². The molecule has 1 aliphatic heterocycles. The third kappa shape index (κ3) is 2.62. The lowest BCUT2D eigenvalue weighted by atomic mass is 9.90. The molecule has 2 aromatic rings. The number of aryl methyl sites for hydroxylation is 3. The number of benzene rings is 2. The van der Waals surface area contributed by atoms with Crippen LogP contribution < -0.4 is 0 Å². The van der Waals surface area contributed by atoms with Crippen LogP contribution in [0.25, 0.3) is 11.1 Å². The monoisotopic (exact) mass is 326 g/mol. The van der Waals surface area contributed by atoms with Crippen molar-refractivity contribution in [3.8, 4) is 11.1 Å². The predicted octanol–water partition coefficient (Wildman–Crippen LogP) is 4.62. The number of ether oxygens (including phenoxy) is 1. The Morgan fingerprint density at radius 2 is 1.67 bits per heavy atom. The first-order valence-corrected chi connectivity index (χ1v) is 8.33. The van der Waals surface area contributed by atoms with Crippen molar-refractivity contribution in [2.75, 3.05) is 13.7 Å². The lowest BCUT2D eigenvalue weighted by Gasteiger charge is -2.15. The number of likely N-dealkylation sites (N-methyl/N-ethyl adjacent to an activating group) is 1. The summed E-state index contributed by atoms with van der Waals surface area (Å²) in [5, 5.41) is 0. The van der Waals surface area contributed by atoms with E-state index in [1.165, 1.54) is 11.6 Å². The molecule has 24 heavy (non-hydrogen) atoms. The van der Waals surface area contributed by atoms with E-state index in [1.807, 2.05) is 17.7 Å². The van der Waals surface area contributed by atoms with E-state index in [2.05, 4.69) is 46.8 Å². The third-order valence-corrected chi connectivity index (χ3v) is 4.95. The minimum Gasteiger partial charge on any atom is -0.437 e. The second-order valence-electron chi connectivity index (χ2n) is 7.40. The Labute approximate surface area is 143 Å². The smallest absolute Gasteiger partial charge is 0.374 e. The zero-order chi connectivity index (χ0) is 17.6. The molecule has 2 nitrogen and oxygen atoms in total. The highest BCUT2D eigenvalue weighted by atomic mass is 19.1. The van der Waals surface area contributed by atoms with Crippen molar-refractivity contribution < 1.29 is 13.7 Å². The fraction of sp³-hybridized carbons (Fsp3) is 0.381. The number of halogens is 1. The van der Waals surface area contributed by atoms with Crippen molar-refractivity contribution in [2.24, 2.45) is 0 Å². The molecule has 0 saturated heterocycles. The molecule has 0 spiro atoms. The van der Waals surface area contributed by atoms with Crippen LogP contribution in [0.15, 0.2) is 30.3 Å². The molecule has 0 bridgehead atoms. The van der Waals surface area contributed by atoms with E-state index in [-0.39, 0.29) is 11.4 Å². The van der Waals surface area contributed by atoms with Crippen molar-refractivity contribution in [1.82, 2.24) is 0 Å². The van der Waals surface area contributed by atoms with Crippen LogP contribution in [0.4, 0.5) is 4.39 Å². The fourth-order valence-electron chi connectivity index (χ4n) is 3.51. The first-order valence-electron chi connectivity index (χ1n) is 8.33. The summed E-state index contributed by atoms with van der Waals surface area (Å²) in [4.78, 5) is 0. The van der Waals surface area contributed by atoms with Gasteiger partial charge in [-0.2, -0.15) is 4.58 Å². The van der Waals surface area contributed by atoms with Gasteiger partial charge in [-0.25, -0.2) is 4.39 Å². The van der Waals surface area contributed by atoms with Gasteiger partial charge in [-0.15, -0.1) is 0 Å². The van der Waals surface area contributed by atoms with Gasteiger partial charge in [0.1, 0.15) is 18.4 Å². The SMILES string of the molecule is Cc1cc(C)c(-c2cccc(F)c2C2=[N+](C)C(C)(C)CO2)c(C)c1. The topological polar surface area (TPSA) is 12.2 Å². The maximum Gasteiger partial charge on any atom is 0.374 e.